The predicted molar refractivity (Wildman–Crippen MR) is 211 cm³/mol. The van der Waals surface area contributed by atoms with Gasteiger partial charge in [-0.15, -0.1) is 0 Å². The number of aliphatic hydroxyl groups is 1. The summed E-state index contributed by atoms with van der Waals surface area (Å²) in [6.45, 7) is 20.9. The van der Waals surface area contributed by atoms with Crippen LogP contribution in [0.1, 0.15) is 118 Å². The predicted octanol–water partition coefficient (Wildman–Crippen LogP) is 10.6. The molecule has 0 saturated heterocycles. The number of hydrogen-bond acceptors (Lipinski definition) is 7. The summed E-state index contributed by atoms with van der Waals surface area (Å²) in [6.07, 6.45) is 2.49. The molecule has 0 fully saturated rings. The third-order valence-corrected chi connectivity index (χ3v) is 9.04. The molecule has 8 nitrogen and oxygen atoms in total. The number of alkyl halides is 3. The van der Waals surface area contributed by atoms with Crippen molar-refractivity contribution in [3.63, 3.8) is 0 Å². The normalized spacial score (nSPS) is 12.2. The number of nitrogens with zero attached hydrogens (tertiary/aromatic N) is 4. The Kier molecular flexibility index (Phi) is 19.3. The summed E-state index contributed by atoms with van der Waals surface area (Å²) in [6, 6.07) is 15.3. The molecule has 2 atom stereocenters. The number of ketones is 1. The number of aromatic nitrogens is 4. The first kappa shape index (κ1) is 44.9. The van der Waals surface area contributed by atoms with Crippen molar-refractivity contribution in [2.75, 3.05) is 29.9 Å². The summed E-state index contributed by atoms with van der Waals surface area (Å²) in [5.74, 6) is 3.56. The van der Waals surface area contributed by atoms with Gasteiger partial charge in [0.15, 0.2) is 11.6 Å². The van der Waals surface area contributed by atoms with Gasteiger partial charge in [0.05, 0.1) is 5.56 Å². The molecule has 4 aromatic rings. The smallest absolute Gasteiger partial charge is 0.396 e. The van der Waals surface area contributed by atoms with E-state index in [4.69, 9.17) is 10.1 Å². The maximum absolute atomic E-state index is 12.4. The van der Waals surface area contributed by atoms with Crippen molar-refractivity contribution in [2.24, 2.45) is 11.8 Å². The fourth-order valence-corrected chi connectivity index (χ4v) is 5.31. The second-order valence-electron chi connectivity index (χ2n) is 13.8. The lowest BCUT2D eigenvalue weighted by molar-refractivity contribution is -0.137. The fourth-order valence-electron chi connectivity index (χ4n) is 5.31. The van der Waals surface area contributed by atoms with Crippen molar-refractivity contribution in [1.82, 2.24) is 20.2 Å². The van der Waals surface area contributed by atoms with Crippen molar-refractivity contribution in [1.29, 1.82) is 0 Å². The van der Waals surface area contributed by atoms with Gasteiger partial charge in [-0.05, 0) is 88.5 Å². The molecule has 0 saturated carbocycles. The van der Waals surface area contributed by atoms with E-state index in [1.54, 1.807) is 6.92 Å². The van der Waals surface area contributed by atoms with Crippen LogP contribution in [0.3, 0.4) is 0 Å². The molecular formula is C42H61F3N6O2. The number of aliphatic hydroxyl groups excluding tert-OH is 1. The zero-order chi connectivity index (χ0) is 39.6. The van der Waals surface area contributed by atoms with E-state index in [0.717, 1.165) is 85.8 Å². The lowest BCUT2D eigenvalue weighted by Crippen LogP contribution is -2.27. The minimum Gasteiger partial charge on any atom is -0.396 e. The van der Waals surface area contributed by atoms with Gasteiger partial charge in [-0.25, -0.2) is 9.97 Å². The summed E-state index contributed by atoms with van der Waals surface area (Å²) < 4.78 is 37.2. The van der Waals surface area contributed by atoms with Crippen LogP contribution in [0, 0.1) is 32.6 Å². The minimum atomic E-state index is -4.40. The molecule has 2 heterocycles. The minimum absolute atomic E-state index is 0.129. The topological polar surface area (TPSA) is 107 Å². The molecule has 53 heavy (non-hydrogen) atoms. The first-order valence-electron chi connectivity index (χ1n) is 19.0. The van der Waals surface area contributed by atoms with E-state index in [1.807, 2.05) is 26.8 Å². The number of aromatic amines is 1. The number of carbonyl (C=O) groups is 1. The van der Waals surface area contributed by atoms with Crippen LogP contribution in [0.15, 0.2) is 54.6 Å². The molecule has 11 heteroatoms. The molecule has 4 rings (SSSR count). The molecule has 0 aliphatic heterocycles. The third-order valence-electron chi connectivity index (χ3n) is 9.04. The zero-order valence-electron chi connectivity index (χ0n) is 33.2. The second kappa shape index (κ2) is 22.7. The number of Topliss-reactive ketones (excluding diaryl/α,β-unsaturated/α-hetero) is 1. The van der Waals surface area contributed by atoms with Crippen LogP contribution in [0.5, 0.6) is 0 Å². The number of rotatable bonds is 16. The number of hydrogen-bond donors (Lipinski definition) is 3. The number of aryl methyl sites for hydroxylation is 5. The highest BCUT2D eigenvalue weighted by molar-refractivity contribution is 5.97. The maximum Gasteiger partial charge on any atom is 0.416 e. The molecule has 0 amide bonds. The van der Waals surface area contributed by atoms with Gasteiger partial charge in [0, 0.05) is 49.0 Å². The number of nitrogens with one attached hydrogen (secondary N) is 2. The Bertz CT molecular complexity index is 1670. The number of halogens is 3. The largest absolute Gasteiger partial charge is 0.416 e. The number of carbonyl (C=O) groups excluding carboxylic acids is 1. The monoisotopic (exact) mass is 738 g/mol. The van der Waals surface area contributed by atoms with Gasteiger partial charge in [-0.3, -0.25) is 9.89 Å². The van der Waals surface area contributed by atoms with Crippen LogP contribution in [-0.4, -0.2) is 50.8 Å². The fraction of sp³-hybridized carbons (Fsp3) is 0.524. The summed E-state index contributed by atoms with van der Waals surface area (Å²) in [5.41, 5.74) is 4.51. The van der Waals surface area contributed by atoms with Crippen LogP contribution >= 0.6 is 0 Å². The molecular weight excluding hydrogens is 677 g/mol. The van der Waals surface area contributed by atoms with Crippen LogP contribution < -0.4 is 10.2 Å². The third kappa shape index (κ3) is 15.7. The van der Waals surface area contributed by atoms with Crippen molar-refractivity contribution in [3.05, 3.63) is 93.9 Å². The molecule has 292 valence electrons. The van der Waals surface area contributed by atoms with Crippen molar-refractivity contribution in [3.8, 4) is 0 Å². The lowest BCUT2D eigenvalue weighted by Gasteiger charge is -2.25. The Labute approximate surface area is 315 Å². The van der Waals surface area contributed by atoms with E-state index in [2.05, 4.69) is 84.3 Å². The molecule has 0 radical (unpaired) electrons. The summed E-state index contributed by atoms with van der Waals surface area (Å²) in [7, 11) is 0. The van der Waals surface area contributed by atoms with Gasteiger partial charge in [-0.1, -0.05) is 83.9 Å². The average molecular weight is 739 g/mol. The highest BCUT2D eigenvalue weighted by Crippen LogP contribution is 2.30. The molecule has 2 aromatic heterocycles. The molecule has 3 N–H and O–H groups in total. The Morgan fingerprint density at radius 3 is 2.23 bits per heavy atom. The number of H-pyrrole nitrogens is 1. The average Bonchev–Trinajstić information content (AvgIpc) is 3.59. The Morgan fingerprint density at radius 2 is 1.60 bits per heavy atom. The highest BCUT2D eigenvalue weighted by Gasteiger charge is 2.31. The van der Waals surface area contributed by atoms with Crippen LogP contribution in [0.4, 0.5) is 30.6 Å². The van der Waals surface area contributed by atoms with Crippen LogP contribution in [0.2, 0.25) is 0 Å². The van der Waals surface area contributed by atoms with Crippen LogP contribution in [-0.2, 0) is 19.0 Å². The quantitative estimate of drug-likeness (QED) is 0.0983. The summed E-state index contributed by atoms with van der Waals surface area (Å²) in [5, 5.41) is 18.9. The Hall–Kier alpha value is -4.25. The molecule has 0 aliphatic rings. The van der Waals surface area contributed by atoms with Gasteiger partial charge < -0.3 is 15.3 Å². The van der Waals surface area contributed by atoms with E-state index in [-0.39, 0.29) is 17.3 Å². The lowest BCUT2D eigenvalue weighted by atomic mass is 9.96. The Balaban J connectivity index is 0.000000404. The van der Waals surface area contributed by atoms with Gasteiger partial charge in [0.1, 0.15) is 17.5 Å². The SMILES string of the molecule is CCC(C)C(=O)c1cccc(C(F)(F)F)c1.CCCN(CCC(C)CC)c1cc(Nc2cc(CCc3cc(C)ccc3C)[nH]n2)nc(C)n1.CCCO. The first-order valence-corrected chi connectivity index (χ1v) is 19.0. The molecule has 0 spiro atoms. The molecule has 0 aliphatic carbocycles. The first-order chi connectivity index (χ1) is 25.1. The van der Waals surface area contributed by atoms with Crippen molar-refractivity contribution >= 4 is 23.2 Å². The zero-order valence-corrected chi connectivity index (χ0v) is 33.2. The van der Waals surface area contributed by atoms with E-state index < -0.39 is 11.7 Å². The second-order valence-corrected chi connectivity index (χ2v) is 13.8. The van der Waals surface area contributed by atoms with Gasteiger partial charge in [-0.2, -0.15) is 18.3 Å². The molecule has 0 bridgehead atoms. The van der Waals surface area contributed by atoms with Gasteiger partial charge in [0.25, 0.3) is 0 Å². The van der Waals surface area contributed by atoms with E-state index in [1.165, 1.54) is 41.7 Å². The standard InChI is InChI=1S/C27H40N6.C12H13F3O.C3H8O/c1-7-14-33(15-13-19(3)8-2)27-18-25(28-22(6)29-27)30-26-17-24(31-32-26)12-11-23-16-20(4)9-10-21(23)5;1-3-8(2)11(16)9-5-4-6-10(7-9)12(13,14)15;1-2-3-4/h9-10,16-19H,7-8,11-15H2,1-6H3,(H2,28,29,30,31,32);4-8H,3H2,1-2H3;4H,2-3H2,1H3. The van der Waals surface area contributed by atoms with Gasteiger partial charge in [0.2, 0.25) is 0 Å². The highest BCUT2D eigenvalue weighted by atomic mass is 19.4. The van der Waals surface area contributed by atoms with Crippen molar-refractivity contribution < 1.29 is 23.1 Å². The summed E-state index contributed by atoms with van der Waals surface area (Å²) >= 11 is 0. The van der Waals surface area contributed by atoms with Crippen molar-refractivity contribution in [2.45, 2.75) is 113 Å². The summed E-state index contributed by atoms with van der Waals surface area (Å²) in [4.78, 5) is 23.4. The van der Waals surface area contributed by atoms with Gasteiger partial charge >= 0.3 is 6.18 Å². The number of benzene rings is 2. The van der Waals surface area contributed by atoms with E-state index in [9.17, 15) is 18.0 Å². The Morgan fingerprint density at radius 1 is 0.887 bits per heavy atom. The van der Waals surface area contributed by atoms with E-state index in [0.29, 0.717) is 13.0 Å². The molecule has 2 aromatic carbocycles. The van der Waals surface area contributed by atoms with Crippen LogP contribution in [0.25, 0.3) is 0 Å². The van der Waals surface area contributed by atoms with E-state index >= 15 is 0 Å². The maximum atomic E-state index is 12.4. The number of anilines is 3. The molecule has 2 unspecified atom stereocenters.